The molecule has 0 unspecified atom stereocenters. The largest absolute Gasteiger partial charge is 0.480 e. The van der Waals surface area contributed by atoms with Crippen LogP contribution in [0.25, 0.3) is 34.1 Å². The smallest absolute Gasteiger partial charge is 0.261 e. The molecule has 27 heavy (non-hydrogen) atoms. The van der Waals surface area contributed by atoms with Crippen molar-refractivity contribution in [3.63, 3.8) is 0 Å². The molecule has 0 aliphatic rings. The number of hydrogen-bond acceptors (Lipinski definition) is 5. The maximum atomic E-state index is 13.9. The van der Waals surface area contributed by atoms with Crippen LogP contribution in [-0.4, -0.2) is 22.2 Å². The van der Waals surface area contributed by atoms with E-state index in [1.165, 1.54) is 18.7 Å². The Hall–Kier alpha value is -3.54. The van der Waals surface area contributed by atoms with Crippen LogP contribution in [0.4, 0.5) is 4.39 Å². The van der Waals surface area contributed by atoms with Gasteiger partial charge in [-0.25, -0.2) is 9.37 Å². The summed E-state index contributed by atoms with van der Waals surface area (Å²) in [6.45, 7) is 2.03. The molecular formula is C21H16FN3O2. The van der Waals surface area contributed by atoms with Gasteiger partial charge in [-0.2, -0.15) is 4.98 Å². The number of nitrogens with zero attached hydrogens (tertiary/aromatic N) is 3. The molecule has 0 aliphatic carbocycles. The second-order valence-electron chi connectivity index (χ2n) is 6.02. The zero-order valence-electron chi connectivity index (χ0n) is 14.8. The number of aryl methyl sites for hydroxylation is 1. The van der Waals surface area contributed by atoms with E-state index in [1.807, 2.05) is 43.3 Å². The first kappa shape index (κ1) is 16.9. The lowest BCUT2D eigenvalue weighted by Crippen LogP contribution is -1.95. The van der Waals surface area contributed by atoms with E-state index < -0.39 is 5.82 Å². The van der Waals surface area contributed by atoms with Crippen molar-refractivity contribution in [2.75, 3.05) is 7.11 Å². The van der Waals surface area contributed by atoms with Crippen LogP contribution in [0, 0.1) is 12.7 Å². The van der Waals surface area contributed by atoms with Gasteiger partial charge in [0, 0.05) is 5.56 Å². The molecule has 0 atom stereocenters. The van der Waals surface area contributed by atoms with E-state index in [4.69, 9.17) is 9.26 Å². The summed E-state index contributed by atoms with van der Waals surface area (Å²) in [6.07, 6.45) is 0. The van der Waals surface area contributed by atoms with Crippen LogP contribution < -0.4 is 4.74 Å². The van der Waals surface area contributed by atoms with Crippen molar-refractivity contribution < 1.29 is 13.7 Å². The van der Waals surface area contributed by atoms with Gasteiger partial charge in [-0.3, -0.25) is 0 Å². The van der Waals surface area contributed by atoms with Crippen molar-refractivity contribution in [1.29, 1.82) is 0 Å². The summed E-state index contributed by atoms with van der Waals surface area (Å²) in [5.41, 5.74) is 3.74. The minimum Gasteiger partial charge on any atom is -0.480 e. The quantitative estimate of drug-likeness (QED) is 0.516. The summed E-state index contributed by atoms with van der Waals surface area (Å²) in [5.74, 6) is 0.335. The molecule has 2 heterocycles. The Morgan fingerprint density at radius 1 is 0.889 bits per heavy atom. The van der Waals surface area contributed by atoms with Gasteiger partial charge in [0.15, 0.2) is 0 Å². The normalized spacial score (nSPS) is 10.8. The van der Waals surface area contributed by atoms with Crippen molar-refractivity contribution in [3.8, 4) is 40.0 Å². The summed E-state index contributed by atoms with van der Waals surface area (Å²) in [4.78, 5) is 8.85. The van der Waals surface area contributed by atoms with E-state index in [0.717, 1.165) is 11.3 Å². The molecule has 134 valence electrons. The second kappa shape index (κ2) is 6.99. The van der Waals surface area contributed by atoms with Gasteiger partial charge in [-0.05, 0) is 31.2 Å². The maximum absolute atomic E-state index is 13.9. The second-order valence-corrected chi connectivity index (χ2v) is 6.02. The van der Waals surface area contributed by atoms with Crippen molar-refractivity contribution in [2.24, 2.45) is 0 Å². The summed E-state index contributed by atoms with van der Waals surface area (Å²) in [6, 6.07) is 18.0. The van der Waals surface area contributed by atoms with Gasteiger partial charge in [0.2, 0.25) is 11.7 Å². The molecule has 0 aliphatic heterocycles. The third kappa shape index (κ3) is 3.29. The van der Waals surface area contributed by atoms with Crippen LogP contribution in [-0.2, 0) is 0 Å². The number of benzene rings is 2. The Morgan fingerprint density at radius 2 is 1.67 bits per heavy atom. The highest BCUT2D eigenvalue weighted by Crippen LogP contribution is 2.31. The number of aromatic nitrogens is 3. The highest BCUT2D eigenvalue weighted by Gasteiger charge is 2.18. The third-order valence-electron chi connectivity index (χ3n) is 4.17. The van der Waals surface area contributed by atoms with E-state index >= 15 is 0 Å². The Bertz CT molecular complexity index is 1090. The number of hydrogen-bond donors (Lipinski definition) is 0. The van der Waals surface area contributed by atoms with Crippen molar-refractivity contribution in [2.45, 2.75) is 6.92 Å². The highest BCUT2D eigenvalue weighted by molar-refractivity contribution is 5.69. The first-order valence-electron chi connectivity index (χ1n) is 8.37. The summed E-state index contributed by atoms with van der Waals surface area (Å²) >= 11 is 0. The van der Waals surface area contributed by atoms with E-state index in [9.17, 15) is 4.39 Å². The Labute approximate surface area is 155 Å². The van der Waals surface area contributed by atoms with Crippen LogP contribution in [0.15, 0.2) is 65.2 Å². The Balaban J connectivity index is 1.72. The van der Waals surface area contributed by atoms with Crippen LogP contribution >= 0.6 is 0 Å². The first-order valence-corrected chi connectivity index (χ1v) is 8.37. The van der Waals surface area contributed by atoms with E-state index in [0.29, 0.717) is 11.4 Å². The minimum absolute atomic E-state index is 0.104. The number of methoxy groups -OCH3 is 1. The zero-order valence-corrected chi connectivity index (χ0v) is 14.8. The van der Waals surface area contributed by atoms with Crippen LogP contribution in [0.3, 0.4) is 0 Å². The highest BCUT2D eigenvalue weighted by atomic mass is 19.1. The molecule has 6 heteroatoms. The van der Waals surface area contributed by atoms with Gasteiger partial charge < -0.3 is 9.26 Å². The first-order chi connectivity index (χ1) is 13.2. The number of ether oxygens (including phenoxy) is 1. The van der Waals surface area contributed by atoms with Crippen molar-refractivity contribution in [1.82, 2.24) is 15.1 Å². The SMILES string of the molecule is COc1nc(-c2ccc(C)cc2)ccc1-c1noc(-c2ccccc2F)n1. The molecule has 0 spiro atoms. The average Bonchev–Trinajstić information content (AvgIpc) is 3.18. The Kier molecular flexibility index (Phi) is 4.38. The van der Waals surface area contributed by atoms with Crippen LogP contribution in [0.1, 0.15) is 5.56 Å². The lowest BCUT2D eigenvalue weighted by molar-refractivity contribution is 0.398. The van der Waals surface area contributed by atoms with Crippen LogP contribution in [0.2, 0.25) is 0 Å². The standard InChI is InChI=1S/C21H16FN3O2/c1-13-7-9-14(10-8-13)18-12-11-16(20(23-18)26-2)19-24-21(27-25-19)15-5-3-4-6-17(15)22/h3-12H,1-2H3. The van der Waals surface area contributed by atoms with Gasteiger partial charge in [0.25, 0.3) is 5.89 Å². The molecule has 0 bridgehead atoms. The van der Waals surface area contributed by atoms with Gasteiger partial charge >= 0.3 is 0 Å². The van der Waals surface area contributed by atoms with Crippen LogP contribution in [0.5, 0.6) is 5.88 Å². The molecule has 0 amide bonds. The number of rotatable bonds is 4. The van der Waals surface area contributed by atoms with Gasteiger partial charge in [-0.15, -0.1) is 0 Å². The van der Waals surface area contributed by atoms with E-state index in [2.05, 4.69) is 15.1 Å². The molecule has 0 radical (unpaired) electrons. The van der Waals surface area contributed by atoms with E-state index in [-0.39, 0.29) is 17.3 Å². The molecule has 0 N–H and O–H groups in total. The van der Waals surface area contributed by atoms with E-state index in [1.54, 1.807) is 18.2 Å². The number of halogens is 1. The molecule has 2 aromatic heterocycles. The third-order valence-corrected chi connectivity index (χ3v) is 4.17. The van der Waals surface area contributed by atoms with Gasteiger partial charge in [0.1, 0.15) is 5.82 Å². The molecule has 0 saturated carbocycles. The summed E-state index contributed by atoms with van der Waals surface area (Å²) in [7, 11) is 1.53. The fourth-order valence-corrected chi connectivity index (χ4v) is 2.73. The lowest BCUT2D eigenvalue weighted by Gasteiger charge is -2.07. The molecule has 2 aromatic carbocycles. The molecule has 4 aromatic rings. The maximum Gasteiger partial charge on any atom is 0.261 e. The average molecular weight is 361 g/mol. The fraction of sp³-hybridized carbons (Fsp3) is 0.0952. The van der Waals surface area contributed by atoms with Gasteiger partial charge in [0.05, 0.1) is 23.9 Å². The monoisotopic (exact) mass is 361 g/mol. The zero-order chi connectivity index (χ0) is 18.8. The number of pyridine rings is 1. The predicted molar refractivity (Wildman–Crippen MR) is 99.6 cm³/mol. The molecule has 0 fully saturated rings. The Morgan fingerprint density at radius 3 is 2.41 bits per heavy atom. The molecule has 5 nitrogen and oxygen atoms in total. The molecular weight excluding hydrogens is 345 g/mol. The fourth-order valence-electron chi connectivity index (χ4n) is 2.73. The molecule has 0 saturated heterocycles. The summed E-state index contributed by atoms with van der Waals surface area (Å²) in [5, 5.41) is 3.95. The molecule has 4 rings (SSSR count). The summed E-state index contributed by atoms with van der Waals surface area (Å²) < 4.78 is 24.6. The van der Waals surface area contributed by atoms with Gasteiger partial charge in [-0.1, -0.05) is 47.1 Å². The topological polar surface area (TPSA) is 61.0 Å². The predicted octanol–water partition coefficient (Wildman–Crippen LogP) is 4.92. The lowest BCUT2D eigenvalue weighted by atomic mass is 10.1. The minimum atomic E-state index is -0.424. The van der Waals surface area contributed by atoms with Crippen molar-refractivity contribution in [3.05, 3.63) is 72.0 Å². The van der Waals surface area contributed by atoms with Crippen molar-refractivity contribution >= 4 is 0 Å².